The first kappa shape index (κ1) is 16.3. The lowest BCUT2D eigenvalue weighted by Gasteiger charge is -2.38. The Morgan fingerprint density at radius 1 is 1.08 bits per heavy atom. The van der Waals surface area contributed by atoms with Gasteiger partial charge in [-0.3, -0.25) is 15.6 Å². The van der Waals surface area contributed by atoms with Crippen molar-refractivity contribution in [3.8, 4) is 0 Å². The third-order valence-electron chi connectivity index (χ3n) is 6.85. The van der Waals surface area contributed by atoms with Gasteiger partial charge in [-0.05, 0) is 49.1 Å². The Labute approximate surface area is 154 Å². The second-order valence-corrected chi connectivity index (χ2v) is 8.24. The molecule has 1 aromatic carbocycles. The highest BCUT2D eigenvalue weighted by Crippen LogP contribution is 2.36. The first-order valence-electron chi connectivity index (χ1n) is 10.1. The molecular formula is C21H28N4O. The number of hydrogen-bond donors (Lipinski definition) is 3. The van der Waals surface area contributed by atoms with Crippen molar-refractivity contribution in [2.45, 2.75) is 44.1 Å². The Balaban J connectivity index is 1.26. The molecule has 2 aliphatic heterocycles. The van der Waals surface area contributed by atoms with Crippen LogP contribution in [0.5, 0.6) is 0 Å². The number of para-hydroxylation sites is 1. The van der Waals surface area contributed by atoms with Crippen LogP contribution in [0, 0.1) is 11.8 Å². The van der Waals surface area contributed by atoms with E-state index in [4.69, 9.17) is 0 Å². The average Bonchev–Trinajstić information content (AvgIpc) is 3.34. The molecule has 3 fully saturated rings. The maximum atomic E-state index is 13.2. The lowest BCUT2D eigenvalue weighted by molar-refractivity contribution is -0.139. The third-order valence-corrected chi connectivity index (χ3v) is 6.85. The van der Waals surface area contributed by atoms with E-state index in [2.05, 4.69) is 51.2 Å². The molecule has 0 bridgehead atoms. The molecule has 3 aliphatic rings. The molecule has 1 aromatic heterocycles. The summed E-state index contributed by atoms with van der Waals surface area (Å²) in [6.07, 6.45) is 7.79. The number of carbonyl (C=O) groups is 1. The Morgan fingerprint density at radius 3 is 2.81 bits per heavy atom. The molecule has 138 valence electrons. The van der Waals surface area contributed by atoms with Gasteiger partial charge in [-0.1, -0.05) is 24.6 Å². The number of amides is 1. The van der Waals surface area contributed by atoms with Crippen LogP contribution in [0.15, 0.2) is 30.5 Å². The van der Waals surface area contributed by atoms with E-state index in [1.807, 2.05) is 0 Å². The fourth-order valence-electron chi connectivity index (χ4n) is 5.40. The fourth-order valence-corrected chi connectivity index (χ4v) is 5.40. The maximum absolute atomic E-state index is 13.2. The molecule has 26 heavy (non-hydrogen) atoms. The largest absolute Gasteiger partial charge is 0.361 e. The highest BCUT2D eigenvalue weighted by molar-refractivity contribution is 5.84. The normalized spacial score (nSPS) is 29.8. The van der Waals surface area contributed by atoms with E-state index < -0.39 is 0 Å². The van der Waals surface area contributed by atoms with E-state index in [-0.39, 0.29) is 5.92 Å². The van der Waals surface area contributed by atoms with Gasteiger partial charge in [-0.25, -0.2) is 0 Å². The molecule has 5 heteroatoms. The second kappa shape index (κ2) is 6.71. The van der Waals surface area contributed by atoms with Crippen LogP contribution in [0.3, 0.4) is 0 Å². The zero-order valence-corrected chi connectivity index (χ0v) is 15.2. The number of likely N-dealkylation sites (tertiary alicyclic amines) is 1. The molecule has 0 radical (unpaired) electrons. The van der Waals surface area contributed by atoms with E-state index in [1.54, 1.807) is 0 Å². The van der Waals surface area contributed by atoms with Crippen LogP contribution in [-0.4, -0.2) is 41.5 Å². The minimum Gasteiger partial charge on any atom is -0.361 e. The van der Waals surface area contributed by atoms with E-state index in [1.165, 1.54) is 29.3 Å². The summed E-state index contributed by atoms with van der Waals surface area (Å²) in [6.45, 7) is 2.80. The quantitative estimate of drug-likeness (QED) is 0.779. The Kier molecular flexibility index (Phi) is 4.21. The number of aromatic amines is 1. The number of fused-ring (bicyclic) bond motifs is 2. The van der Waals surface area contributed by atoms with Crippen molar-refractivity contribution in [1.82, 2.24) is 20.7 Å². The second-order valence-electron chi connectivity index (χ2n) is 8.24. The number of nitrogens with zero attached hydrogens (tertiary/aromatic N) is 1. The van der Waals surface area contributed by atoms with Crippen molar-refractivity contribution in [3.05, 3.63) is 36.0 Å². The van der Waals surface area contributed by atoms with Crippen molar-refractivity contribution in [3.63, 3.8) is 0 Å². The van der Waals surface area contributed by atoms with Gasteiger partial charge in [0.2, 0.25) is 5.91 Å². The number of benzene rings is 1. The molecule has 2 aromatic rings. The number of carbonyl (C=O) groups excluding carboxylic acids is 1. The van der Waals surface area contributed by atoms with Gasteiger partial charge in [-0.15, -0.1) is 0 Å². The number of nitrogens with one attached hydrogen (secondary N) is 3. The van der Waals surface area contributed by atoms with Crippen molar-refractivity contribution < 1.29 is 4.79 Å². The Bertz CT molecular complexity index is 792. The standard InChI is InChI=1S/C21H28N4O/c26-21(17-6-3-4-15-12-23-24-20(15)17)25-10-8-14(9-11-25)18-13-22-19-7-2-1-5-16(18)19/h1-2,5,7,13-15,17,20,22-24H,3-4,6,8-12H2. The smallest absolute Gasteiger partial charge is 0.227 e. The van der Waals surface area contributed by atoms with Crippen LogP contribution in [0.2, 0.25) is 0 Å². The van der Waals surface area contributed by atoms with Gasteiger partial charge in [0.05, 0.1) is 5.92 Å². The van der Waals surface area contributed by atoms with Crippen LogP contribution in [0.1, 0.15) is 43.6 Å². The Hall–Kier alpha value is -1.85. The minimum absolute atomic E-state index is 0.161. The van der Waals surface area contributed by atoms with E-state index >= 15 is 0 Å². The summed E-state index contributed by atoms with van der Waals surface area (Å²) in [4.78, 5) is 18.7. The summed E-state index contributed by atoms with van der Waals surface area (Å²) in [7, 11) is 0. The summed E-state index contributed by atoms with van der Waals surface area (Å²) >= 11 is 0. The topological polar surface area (TPSA) is 60.2 Å². The summed E-state index contributed by atoms with van der Waals surface area (Å²) in [6, 6.07) is 8.87. The molecule has 1 amide bonds. The monoisotopic (exact) mass is 352 g/mol. The summed E-state index contributed by atoms with van der Waals surface area (Å²) in [5.41, 5.74) is 9.29. The van der Waals surface area contributed by atoms with Crippen LogP contribution in [-0.2, 0) is 4.79 Å². The summed E-state index contributed by atoms with van der Waals surface area (Å²) < 4.78 is 0. The van der Waals surface area contributed by atoms with Crippen molar-refractivity contribution in [2.75, 3.05) is 19.6 Å². The highest BCUT2D eigenvalue weighted by atomic mass is 16.2. The number of hydrazine groups is 1. The molecule has 5 nitrogen and oxygen atoms in total. The van der Waals surface area contributed by atoms with Gasteiger partial charge in [0.1, 0.15) is 0 Å². The molecule has 3 unspecified atom stereocenters. The molecule has 1 aliphatic carbocycles. The van der Waals surface area contributed by atoms with Gasteiger partial charge >= 0.3 is 0 Å². The first-order valence-corrected chi connectivity index (χ1v) is 10.1. The van der Waals surface area contributed by atoms with Gasteiger partial charge < -0.3 is 9.88 Å². The zero-order valence-electron chi connectivity index (χ0n) is 15.2. The summed E-state index contributed by atoms with van der Waals surface area (Å²) in [5, 5.41) is 1.34. The lowest BCUT2D eigenvalue weighted by Crippen LogP contribution is -2.50. The first-order chi connectivity index (χ1) is 12.8. The predicted octanol–water partition coefficient (Wildman–Crippen LogP) is 2.77. The van der Waals surface area contributed by atoms with Gasteiger partial charge in [-0.2, -0.15) is 0 Å². The van der Waals surface area contributed by atoms with Crippen LogP contribution in [0.4, 0.5) is 0 Å². The SMILES string of the molecule is O=C(C1CCCC2CNNC21)N1CCC(c2c[nH]c3ccccc23)CC1. The molecule has 3 atom stereocenters. The van der Waals surface area contributed by atoms with E-state index in [9.17, 15) is 4.79 Å². The number of piperidine rings is 1. The maximum Gasteiger partial charge on any atom is 0.227 e. The lowest BCUT2D eigenvalue weighted by atomic mass is 9.77. The molecule has 1 saturated carbocycles. The molecule has 3 N–H and O–H groups in total. The molecule has 0 spiro atoms. The van der Waals surface area contributed by atoms with Crippen LogP contribution in [0.25, 0.3) is 10.9 Å². The minimum atomic E-state index is 0.161. The van der Waals surface area contributed by atoms with Crippen molar-refractivity contribution in [2.24, 2.45) is 11.8 Å². The number of H-pyrrole nitrogens is 1. The number of rotatable bonds is 2. The average molecular weight is 352 g/mol. The molecule has 2 saturated heterocycles. The van der Waals surface area contributed by atoms with Gasteiger partial charge in [0, 0.05) is 42.8 Å². The van der Waals surface area contributed by atoms with Crippen LogP contribution >= 0.6 is 0 Å². The highest BCUT2D eigenvalue weighted by Gasteiger charge is 2.42. The van der Waals surface area contributed by atoms with E-state index in [0.717, 1.165) is 38.9 Å². The van der Waals surface area contributed by atoms with Crippen molar-refractivity contribution >= 4 is 16.8 Å². The predicted molar refractivity (Wildman–Crippen MR) is 103 cm³/mol. The van der Waals surface area contributed by atoms with Crippen LogP contribution < -0.4 is 10.9 Å². The number of aromatic nitrogens is 1. The van der Waals surface area contributed by atoms with Crippen molar-refractivity contribution in [1.29, 1.82) is 0 Å². The molecule has 5 rings (SSSR count). The Morgan fingerprint density at radius 2 is 1.92 bits per heavy atom. The summed E-state index contributed by atoms with van der Waals surface area (Å²) in [5.74, 6) is 1.73. The van der Waals surface area contributed by atoms with E-state index in [0.29, 0.717) is 23.8 Å². The van der Waals surface area contributed by atoms with Gasteiger partial charge in [0.25, 0.3) is 0 Å². The fraction of sp³-hybridized carbons (Fsp3) is 0.571. The molecular weight excluding hydrogens is 324 g/mol. The number of hydrogen-bond acceptors (Lipinski definition) is 3. The van der Waals surface area contributed by atoms with Gasteiger partial charge in [0.15, 0.2) is 0 Å². The third kappa shape index (κ3) is 2.74. The molecule has 3 heterocycles. The zero-order chi connectivity index (χ0) is 17.5.